The van der Waals surface area contributed by atoms with Crippen LogP contribution in [-0.2, 0) is 6.54 Å². The highest BCUT2D eigenvalue weighted by Gasteiger charge is 2.12. The summed E-state index contributed by atoms with van der Waals surface area (Å²) in [6.07, 6.45) is 11.0. The lowest BCUT2D eigenvalue weighted by Gasteiger charge is -2.08. The number of aryl methyl sites for hydroxylation is 1. The Morgan fingerprint density at radius 3 is 2.77 bits per heavy atom. The molecule has 0 aliphatic rings. The molecule has 7 heteroatoms. The van der Waals surface area contributed by atoms with Gasteiger partial charge in [0.1, 0.15) is 5.65 Å². The molecule has 0 saturated heterocycles. The summed E-state index contributed by atoms with van der Waals surface area (Å²) >= 11 is 6.06. The summed E-state index contributed by atoms with van der Waals surface area (Å²) < 4.78 is 1.67. The molecule has 0 aliphatic carbocycles. The van der Waals surface area contributed by atoms with Crippen LogP contribution < -0.4 is 5.56 Å². The number of nitrogens with one attached hydrogen (secondary N) is 2. The molecule has 2 N–H and O–H groups in total. The molecule has 0 unspecified atom stereocenters. The van der Waals surface area contributed by atoms with E-state index in [9.17, 15) is 4.79 Å². The maximum Gasteiger partial charge on any atom is 0.251 e. The molecule has 0 atom stereocenters. The van der Waals surface area contributed by atoms with Gasteiger partial charge in [0.15, 0.2) is 0 Å². The number of aromatic amines is 2. The second kappa shape index (κ2) is 8.16. The van der Waals surface area contributed by atoms with Crippen molar-refractivity contribution in [3.63, 3.8) is 0 Å². The Kier molecular flexibility index (Phi) is 5.42. The Morgan fingerprint density at radius 2 is 2.07 bits per heavy atom. The van der Waals surface area contributed by atoms with Crippen molar-refractivity contribution < 1.29 is 0 Å². The van der Waals surface area contributed by atoms with Gasteiger partial charge < -0.3 is 9.55 Å². The molecule has 6 nitrogen and oxygen atoms in total. The van der Waals surface area contributed by atoms with Crippen LogP contribution in [0.2, 0.25) is 0 Å². The van der Waals surface area contributed by atoms with Crippen molar-refractivity contribution >= 4 is 22.6 Å². The van der Waals surface area contributed by atoms with Crippen LogP contribution >= 0.6 is 11.6 Å². The molecule has 0 amide bonds. The molecule has 0 fully saturated rings. The molecule has 0 saturated carbocycles. The molecule has 4 aromatic rings. The van der Waals surface area contributed by atoms with Crippen molar-refractivity contribution in [1.82, 2.24) is 24.7 Å². The van der Waals surface area contributed by atoms with E-state index in [1.165, 1.54) is 0 Å². The molecular weight excluding hydrogens is 398 g/mol. The van der Waals surface area contributed by atoms with Gasteiger partial charge in [-0.2, -0.15) is 5.10 Å². The first kappa shape index (κ1) is 19.9. The van der Waals surface area contributed by atoms with E-state index in [1.807, 2.05) is 57.6 Å². The molecule has 0 aliphatic heterocycles. The first-order valence-corrected chi connectivity index (χ1v) is 10.0. The van der Waals surface area contributed by atoms with Crippen LogP contribution in [0.1, 0.15) is 19.5 Å². The summed E-state index contributed by atoms with van der Waals surface area (Å²) in [6, 6.07) is 5.68. The molecule has 0 bridgehead atoms. The average Bonchev–Trinajstić information content (AvgIpc) is 3.34. The van der Waals surface area contributed by atoms with Crippen LogP contribution in [0.15, 0.2) is 70.5 Å². The van der Waals surface area contributed by atoms with Crippen LogP contribution in [0.5, 0.6) is 0 Å². The topological polar surface area (TPSA) is 79.4 Å². The van der Waals surface area contributed by atoms with Gasteiger partial charge in [0, 0.05) is 64.0 Å². The summed E-state index contributed by atoms with van der Waals surface area (Å²) in [6.45, 7) is 6.30. The van der Waals surface area contributed by atoms with Crippen molar-refractivity contribution in [3.05, 3.63) is 81.8 Å². The molecule has 4 aromatic heterocycles. The number of fused-ring (bicyclic) bond motifs is 1. The zero-order valence-corrected chi connectivity index (χ0v) is 17.8. The number of rotatable bonds is 5. The summed E-state index contributed by atoms with van der Waals surface area (Å²) in [7, 11) is 0. The average molecular weight is 420 g/mol. The molecule has 30 heavy (non-hydrogen) atoms. The van der Waals surface area contributed by atoms with Crippen LogP contribution in [-0.4, -0.2) is 24.7 Å². The number of hydrogen-bond acceptors (Lipinski definition) is 3. The maximum absolute atomic E-state index is 12.7. The number of aromatic nitrogens is 5. The van der Waals surface area contributed by atoms with Gasteiger partial charge in [0.2, 0.25) is 0 Å². The number of pyridine rings is 2. The van der Waals surface area contributed by atoms with Crippen molar-refractivity contribution in [2.75, 3.05) is 0 Å². The Bertz CT molecular complexity index is 1340. The standard InChI is InChI=1S/C23H22ClN5O/c1-4-18(24)7-14(2)13-29-6-5-16(9-22(29)30)21-11-26-23-19(21)8-17(10-25-23)20-12-27-28-15(20)3/h4-12H,13H2,1-3H3,(H,25,26)(H,27,28)/b14-7+,18-4+. The van der Waals surface area contributed by atoms with E-state index in [0.717, 1.165) is 44.6 Å². The van der Waals surface area contributed by atoms with Gasteiger partial charge in [-0.25, -0.2) is 4.98 Å². The maximum atomic E-state index is 12.7. The molecule has 0 aromatic carbocycles. The predicted octanol–water partition coefficient (Wildman–Crippen LogP) is 5.18. The van der Waals surface area contributed by atoms with Crippen LogP contribution in [0, 0.1) is 6.92 Å². The molecule has 4 heterocycles. The fraction of sp³-hybridized carbons (Fsp3) is 0.174. The summed E-state index contributed by atoms with van der Waals surface area (Å²) in [5, 5.41) is 8.67. The van der Waals surface area contributed by atoms with Crippen LogP contribution in [0.25, 0.3) is 33.3 Å². The van der Waals surface area contributed by atoms with E-state index in [4.69, 9.17) is 11.6 Å². The van der Waals surface area contributed by atoms with Crippen LogP contribution in [0.4, 0.5) is 0 Å². The normalized spacial score (nSPS) is 12.7. The zero-order valence-electron chi connectivity index (χ0n) is 17.0. The first-order valence-electron chi connectivity index (χ1n) is 9.63. The van der Waals surface area contributed by atoms with Gasteiger partial charge in [-0.05, 0) is 44.5 Å². The third kappa shape index (κ3) is 3.86. The fourth-order valence-electron chi connectivity index (χ4n) is 3.47. The third-order valence-electron chi connectivity index (χ3n) is 5.06. The van der Waals surface area contributed by atoms with Crippen LogP contribution in [0.3, 0.4) is 0 Å². The predicted molar refractivity (Wildman–Crippen MR) is 121 cm³/mol. The summed E-state index contributed by atoms with van der Waals surface area (Å²) in [4.78, 5) is 20.4. The van der Waals surface area contributed by atoms with E-state index in [1.54, 1.807) is 16.8 Å². The lowest BCUT2D eigenvalue weighted by Crippen LogP contribution is -2.19. The van der Waals surface area contributed by atoms with E-state index in [2.05, 4.69) is 26.2 Å². The van der Waals surface area contributed by atoms with Gasteiger partial charge >= 0.3 is 0 Å². The SMILES string of the molecule is C/C=C(Cl)\C=C(/C)Cn1ccc(-c2c[nH]c3ncc(-c4cn[nH]c4C)cc23)cc1=O. The third-order valence-corrected chi connectivity index (χ3v) is 5.39. The van der Waals surface area contributed by atoms with Crippen molar-refractivity contribution in [2.45, 2.75) is 27.3 Å². The smallest absolute Gasteiger partial charge is 0.251 e. The number of hydrogen-bond donors (Lipinski definition) is 2. The fourth-order valence-corrected chi connectivity index (χ4v) is 3.66. The molecule has 0 radical (unpaired) electrons. The minimum atomic E-state index is -0.0685. The highest BCUT2D eigenvalue weighted by molar-refractivity contribution is 6.31. The number of halogens is 1. The molecule has 152 valence electrons. The van der Waals surface area contributed by atoms with Crippen molar-refractivity contribution in [3.8, 4) is 22.3 Å². The lowest BCUT2D eigenvalue weighted by atomic mass is 10.0. The zero-order chi connectivity index (χ0) is 21.3. The first-order chi connectivity index (χ1) is 14.5. The van der Waals surface area contributed by atoms with Gasteiger partial charge in [-0.15, -0.1) is 0 Å². The number of allylic oxidation sites excluding steroid dienone is 4. The second-order valence-electron chi connectivity index (χ2n) is 7.28. The molecule has 4 rings (SSSR count). The van der Waals surface area contributed by atoms with E-state index in [-0.39, 0.29) is 5.56 Å². The number of H-pyrrole nitrogens is 2. The quantitative estimate of drug-likeness (QED) is 0.437. The Morgan fingerprint density at radius 1 is 1.23 bits per heavy atom. The van der Waals surface area contributed by atoms with Gasteiger partial charge in [0.05, 0.1) is 6.20 Å². The molecular formula is C23H22ClN5O. The molecule has 0 spiro atoms. The van der Waals surface area contributed by atoms with Crippen molar-refractivity contribution in [1.29, 1.82) is 0 Å². The minimum Gasteiger partial charge on any atom is -0.346 e. The van der Waals surface area contributed by atoms with Gasteiger partial charge in [0.25, 0.3) is 5.56 Å². The largest absolute Gasteiger partial charge is 0.346 e. The van der Waals surface area contributed by atoms with E-state index in [0.29, 0.717) is 11.6 Å². The van der Waals surface area contributed by atoms with E-state index >= 15 is 0 Å². The van der Waals surface area contributed by atoms with Crippen molar-refractivity contribution in [2.24, 2.45) is 0 Å². The Balaban J connectivity index is 1.71. The summed E-state index contributed by atoms with van der Waals surface area (Å²) in [5.74, 6) is 0. The Labute approximate surface area is 178 Å². The minimum absolute atomic E-state index is 0.0685. The summed E-state index contributed by atoms with van der Waals surface area (Å²) in [5.41, 5.74) is 6.47. The van der Waals surface area contributed by atoms with Gasteiger partial charge in [-0.1, -0.05) is 23.3 Å². The monoisotopic (exact) mass is 419 g/mol. The highest BCUT2D eigenvalue weighted by Crippen LogP contribution is 2.31. The number of nitrogens with zero attached hydrogens (tertiary/aromatic N) is 3. The lowest BCUT2D eigenvalue weighted by molar-refractivity contribution is 0.747. The van der Waals surface area contributed by atoms with Gasteiger partial charge in [-0.3, -0.25) is 9.89 Å². The second-order valence-corrected chi connectivity index (χ2v) is 7.71. The highest BCUT2D eigenvalue weighted by atomic mass is 35.5. The Hall–Kier alpha value is -3.38. The van der Waals surface area contributed by atoms with E-state index < -0.39 is 0 Å².